The lowest BCUT2D eigenvalue weighted by Crippen LogP contribution is -2.01. The number of hydrogen-bond acceptors (Lipinski definition) is 2. The fraction of sp³-hybridized carbons (Fsp3) is 0.417. The van der Waals surface area contributed by atoms with Gasteiger partial charge in [-0.2, -0.15) is 0 Å². The quantitative estimate of drug-likeness (QED) is 0.491. The lowest BCUT2D eigenvalue weighted by molar-refractivity contribution is 0.315. The van der Waals surface area contributed by atoms with E-state index in [4.69, 9.17) is 5.21 Å². The number of rotatable bonds is 0. The summed E-state index contributed by atoms with van der Waals surface area (Å²) in [4.78, 5) is 0. The van der Waals surface area contributed by atoms with Crippen LogP contribution in [0.3, 0.4) is 0 Å². The van der Waals surface area contributed by atoms with Crippen LogP contribution in [-0.4, -0.2) is 10.9 Å². The summed E-state index contributed by atoms with van der Waals surface area (Å²) in [5.41, 5.74) is 3.93. The van der Waals surface area contributed by atoms with Gasteiger partial charge < -0.3 is 5.21 Å². The maximum atomic E-state index is 8.88. The van der Waals surface area contributed by atoms with Gasteiger partial charge >= 0.3 is 0 Å². The van der Waals surface area contributed by atoms with E-state index in [0.29, 0.717) is 11.8 Å². The van der Waals surface area contributed by atoms with Crippen LogP contribution in [0, 0.1) is 5.92 Å². The van der Waals surface area contributed by atoms with Crippen molar-refractivity contribution in [3.05, 3.63) is 35.4 Å². The monoisotopic (exact) mass is 187 g/mol. The lowest BCUT2D eigenvalue weighted by Gasteiger charge is -2.04. The second-order valence-electron chi connectivity index (χ2n) is 4.24. The van der Waals surface area contributed by atoms with E-state index >= 15 is 0 Å². The summed E-state index contributed by atoms with van der Waals surface area (Å²) in [6, 6.07) is 8.62. The van der Waals surface area contributed by atoms with Crippen molar-refractivity contribution in [1.82, 2.24) is 0 Å². The van der Waals surface area contributed by atoms with Crippen LogP contribution in [0.4, 0.5) is 0 Å². The van der Waals surface area contributed by atoms with Crippen LogP contribution < -0.4 is 0 Å². The molecule has 0 unspecified atom stereocenters. The van der Waals surface area contributed by atoms with Gasteiger partial charge in [-0.3, -0.25) is 0 Å². The van der Waals surface area contributed by atoms with Gasteiger partial charge in [0.25, 0.3) is 0 Å². The molecule has 0 radical (unpaired) electrons. The lowest BCUT2D eigenvalue weighted by atomic mass is 10.0. The first-order valence-corrected chi connectivity index (χ1v) is 5.19. The van der Waals surface area contributed by atoms with E-state index in [9.17, 15) is 0 Å². The number of aryl methyl sites for hydroxylation is 1. The molecule has 2 aliphatic carbocycles. The van der Waals surface area contributed by atoms with Gasteiger partial charge in [-0.1, -0.05) is 29.4 Å². The highest BCUT2D eigenvalue weighted by Crippen LogP contribution is 2.51. The Labute approximate surface area is 83.3 Å². The summed E-state index contributed by atoms with van der Waals surface area (Å²) in [6.45, 7) is 0. The smallest absolute Gasteiger partial charge is 0.0611 e. The molecule has 0 bridgehead atoms. The number of nitrogens with zero attached hydrogens (tertiary/aromatic N) is 1. The maximum absolute atomic E-state index is 8.88. The zero-order valence-electron chi connectivity index (χ0n) is 7.98. The molecular formula is C12H13NO. The molecule has 1 fully saturated rings. The second kappa shape index (κ2) is 2.84. The Bertz CT molecular complexity index is 397. The predicted octanol–water partition coefficient (Wildman–Crippen LogP) is 2.57. The van der Waals surface area contributed by atoms with Crippen LogP contribution in [0.2, 0.25) is 0 Å². The van der Waals surface area contributed by atoms with E-state index in [0.717, 1.165) is 18.6 Å². The molecule has 0 saturated heterocycles. The third-order valence-electron chi connectivity index (χ3n) is 3.45. The van der Waals surface area contributed by atoms with Crippen molar-refractivity contribution in [2.45, 2.75) is 25.2 Å². The topological polar surface area (TPSA) is 32.6 Å². The largest absolute Gasteiger partial charge is 0.411 e. The minimum atomic E-state index is 0.531. The zero-order valence-corrected chi connectivity index (χ0v) is 7.98. The number of fused-ring (bicyclic) bond motifs is 3. The molecule has 1 aromatic rings. The summed E-state index contributed by atoms with van der Waals surface area (Å²) in [5, 5.41) is 12.3. The highest BCUT2D eigenvalue weighted by atomic mass is 16.4. The fourth-order valence-corrected chi connectivity index (χ4v) is 2.60. The van der Waals surface area contributed by atoms with Gasteiger partial charge in [0.2, 0.25) is 0 Å². The van der Waals surface area contributed by atoms with Gasteiger partial charge in [-0.25, -0.2) is 0 Å². The SMILES string of the molecule is ON=C1CCc2ccccc2[C@@H]2C[C@H]12. The van der Waals surface area contributed by atoms with E-state index in [1.807, 2.05) is 0 Å². The summed E-state index contributed by atoms with van der Waals surface area (Å²) in [6.07, 6.45) is 3.13. The molecule has 0 heterocycles. The Morgan fingerprint density at radius 1 is 1.14 bits per heavy atom. The van der Waals surface area contributed by atoms with Crippen LogP contribution in [0.25, 0.3) is 0 Å². The minimum Gasteiger partial charge on any atom is -0.411 e. The molecular weight excluding hydrogens is 174 g/mol. The molecule has 0 spiro atoms. The molecule has 1 aromatic carbocycles. The minimum absolute atomic E-state index is 0.531. The number of benzene rings is 1. The van der Waals surface area contributed by atoms with E-state index in [1.54, 1.807) is 0 Å². The molecule has 0 amide bonds. The third kappa shape index (κ3) is 1.07. The van der Waals surface area contributed by atoms with Gasteiger partial charge in [0.15, 0.2) is 0 Å². The maximum Gasteiger partial charge on any atom is 0.0611 e. The highest BCUT2D eigenvalue weighted by Gasteiger charge is 2.44. The van der Waals surface area contributed by atoms with Crippen LogP contribution in [0.5, 0.6) is 0 Å². The van der Waals surface area contributed by atoms with E-state index in [2.05, 4.69) is 29.4 Å². The second-order valence-corrected chi connectivity index (χ2v) is 4.24. The van der Waals surface area contributed by atoms with Crippen LogP contribution in [0.1, 0.15) is 29.9 Å². The van der Waals surface area contributed by atoms with Crippen molar-refractivity contribution in [3.8, 4) is 0 Å². The van der Waals surface area contributed by atoms with Crippen molar-refractivity contribution in [1.29, 1.82) is 0 Å². The Hall–Kier alpha value is -1.31. The summed E-state index contributed by atoms with van der Waals surface area (Å²) >= 11 is 0. The average Bonchev–Trinajstić information content (AvgIpc) is 2.98. The normalized spacial score (nSPS) is 31.9. The zero-order chi connectivity index (χ0) is 9.54. The first-order chi connectivity index (χ1) is 6.90. The Morgan fingerprint density at radius 2 is 2.00 bits per heavy atom. The molecule has 1 saturated carbocycles. The molecule has 72 valence electrons. The van der Waals surface area contributed by atoms with Gasteiger partial charge in [0.1, 0.15) is 0 Å². The molecule has 3 rings (SSSR count). The molecule has 0 aromatic heterocycles. The highest BCUT2D eigenvalue weighted by molar-refractivity contribution is 5.90. The Balaban J connectivity index is 2.04. The summed E-state index contributed by atoms with van der Waals surface area (Å²) in [7, 11) is 0. The Kier molecular flexibility index (Phi) is 1.63. The molecule has 2 heteroatoms. The van der Waals surface area contributed by atoms with E-state index in [1.165, 1.54) is 17.5 Å². The first kappa shape index (κ1) is 8.04. The predicted molar refractivity (Wildman–Crippen MR) is 54.8 cm³/mol. The third-order valence-corrected chi connectivity index (χ3v) is 3.45. The number of oxime groups is 1. The first-order valence-electron chi connectivity index (χ1n) is 5.19. The van der Waals surface area contributed by atoms with Gasteiger partial charge in [-0.15, -0.1) is 0 Å². The van der Waals surface area contributed by atoms with Gasteiger partial charge in [0, 0.05) is 5.92 Å². The van der Waals surface area contributed by atoms with Crippen molar-refractivity contribution in [2.24, 2.45) is 11.1 Å². The molecule has 14 heavy (non-hydrogen) atoms. The molecule has 2 nitrogen and oxygen atoms in total. The summed E-state index contributed by atoms with van der Waals surface area (Å²) < 4.78 is 0. The summed E-state index contributed by atoms with van der Waals surface area (Å²) in [5.74, 6) is 1.17. The Morgan fingerprint density at radius 3 is 2.86 bits per heavy atom. The van der Waals surface area contributed by atoms with Crippen LogP contribution >= 0.6 is 0 Å². The van der Waals surface area contributed by atoms with Crippen molar-refractivity contribution >= 4 is 5.71 Å². The van der Waals surface area contributed by atoms with Gasteiger partial charge in [-0.05, 0) is 36.3 Å². The number of hydrogen-bond donors (Lipinski definition) is 1. The molecule has 2 atom stereocenters. The average molecular weight is 187 g/mol. The van der Waals surface area contributed by atoms with Crippen LogP contribution in [0.15, 0.2) is 29.4 Å². The standard InChI is InChI=1S/C12H13NO/c14-13-12-6-5-8-3-1-2-4-9(8)10-7-11(10)12/h1-4,10-11,14H,5-7H2/t10-,11-/m0/s1. The molecule has 1 N–H and O–H groups in total. The van der Waals surface area contributed by atoms with Crippen molar-refractivity contribution in [3.63, 3.8) is 0 Å². The van der Waals surface area contributed by atoms with Crippen LogP contribution in [-0.2, 0) is 6.42 Å². The fourth-order valence-electron chi connectivity index (χ4n) is 2.60. The molecule has 0 aliphatic heterocycles. The van der Waals surface area contributed by atoms with Crippen molar-refractivity contribution < 1.29 is 5.21 Å². The molecule has 2 aliphatic rings. The van der Waals surface area contributed by atoms with E-state index in [-0.39, 0.29) is 0 Å². The van der Waals surface area contributed by atoms with Crippen molar-refractivity contribution in [2.75, 3.05) is 0 Å². The van der Waals surface area contributed by atoms with Gasteiger partial charge in [0.05, 0.1) is 5.71 Å². The van der Waals surface area contributed by atoms with E-state index < -0.39 is 0 Å².